The Hall–Kier alpha value is -2.26. The van der Waals surface area contributed by atoms with E-state index in [1.165, 1.54) is 27.7 Å². The Kier molecular flexibility index (Phi) is 5.52. The van der Waals surface area contributed by atoms with E-state index in [9.17, 15) is 26.3 Å². The molecule has 0 saturated carbocycles. The van der Waals surface area contributed by atoms with Crippen molar-refractivity contribution in [1.82, 2.24) is 0 Å². The van der Waals surface area contributed by atoms with E-state index >= 15 is 0 Å². The minimum absolute atomic E-state index is 0.466. The second kappa shape index (κ2) is 7.63. The molecule has 0 aliphatic carbocycles. The van der Waals surface area contributed by atoms with E-state index < -0.39 is 47.6 Å². The number of halogens is 6. The number of benzene rings is 2. The number of ether oxygens (including phenoxy) is 3. The first-order valence-corrected chi connectivity index (χ1v) is 10.4. The zero-order valence-corrected chi connectivity index (χ0v) is 18.4. The summed E-state index contributed by atoms with van der Waals surface area (Å²) in [7, 11) is 0. The van der Waals surface area contributed by atoms with Gasteiger partial charge in [-0.2, -0.15) is 26.3 Å². The van der Waals surface area contributed by atoms with Gasteiger partial charge in [-0.25, -0.2) is 0 Å². The van der Waals surface area contributed by atoms with E-state index in [1.54, 1.807) is 48.5 Å². The number of rotatable bonds is 4. The standard InChI is InChI=1S/C24H24F6O3/c1-21(2)17(32-19(21)23(25,26)27)13-5-9-15(10-6-13)31-16-11-7-14(8-12-16)18-22(3,4)20(33-18)24(28,29)30/h5-12,17-20H,1-4H3. The summed E-state index contributed by atoms with van der Waals surface area (Å²) in [4.78, 5) is 0. The lowest BCUT2D eigenvalue weighted by atomic mass is 9.72. The van der Waals surface area contributed by atoms with Gasteiger partial charge >= 0.3 is 12.4 Å². The first-order chi connectivity index (χ1) is 15.1. The normalized spacial score (nSPS) is 28.5. The summed E-state index contributed by atoms with van der Waals surface area (Å²) < 4.78 is 94.0. The second-order valence-corrected chi connectivity index (χ2v) is 9.76. The smallest absolute Gasteiger partial charge is 0.415 e. The summed E-state index contributed by atoms with van der Waals surface area (Å²) in [6.45, 7) is 6.09. The molecular formula is C24H24F6O3. The molecule has 4 rings (SSSR count). The average molecular weight is 474 g/mol. The van der Waals surface area contributed by atoms with Crippen molar-refractivity contribution in [3.8, 4) is 11.5 Å². The van der Waals surface area contributed by atoms with Crippen molar-refractivity contribution >= 4 is 0 Å². The van der Waals surface area contributed by atoms with Gasteiger partial charge < -0.3 is 14.2 Å². The van der Waals surface area contributed by atoms with E-state index in [-0.39, 0.29) is 0 Å². The van der Waals surface area contributed by atoms with Crippen LogP contribution in [-0.4, -0.2) is 24.6 Å². The molecule has 2 heterocycles. The Labute approximate surface area is 187 Å². The Morgan fingerprint density at radius 1 is 0.606 bits per heavy atom. The first kappa shape index (κ1) is 23.9. The minimum Gasteiger partial charge on any atom is -0.457 e. The molecule has 3 nitrogen and oxygen atoms in total. The van der Waals surface area contributed by atoms with Gasteiger partial charge in [0.2, 0.25) is 0 Å². The molecule has 2 aromatic rings. The van der Waals surface area contributed by atoms with E-state index in [4.69, 9.17) is 14.2 Å². The molecule has 33 heavy (non-hydrogen) atoms. The van der Waals surface area contributed by atoms with Crippen molar-refractivity contribution in [2.24, 2.45) is 10.8 Å². The van der Waals surface area contributed by atoms with Crippen molar-refractivity contribution in [3.63, 3.8) is 0 Å². The van der Waals surface area contributed by atoms with Crippen LogP contribution in [0, 0.1) is 10.8 Å². The van der Waals surface area contributed by atoms with Gasteiger partial charge in [-0.15, -0.1) is 0 Å². The molecule has 0 aromatic heterocycles. The van der Waals surface area contributed by atoms with Crippen molar-refractivity contribution in [3.05, 3.63) is 59.7 Å². The van der Waals surface area contributed by atoms with Crippen LogP contribution in [0.15, 0.2) is 48.5 Å². The molecule has 4 atom stereocenters. The van der Waals surface area contributed by atoms with Gasteiger partial charge in [0.25, 0.3) is 0 Å². The predicted octanol–water partition coefficient (Wildman–Crippen LogP) is 7.54. The van der Waals surface area contributed by atoms with Gasteiger partial charge in [-0.05, 0) is 35.4 Å². The molecule has 2 aromatic carbocycles. The van der Waals surface area contributed by atoms with Crippen molar-refractivity contribution in [2.75, 3.05) is 0 Å². The Morgan fingerprint density at radius 2 is 0.909 bits per heavy atom. The maximum absolute atomic E-state index is 13.0. The number of hydrogen-bond donors (Lipinski definition) is 0. The number of alkyl halides is 6. The van der Waals surface area contributed by atoms with E-state index in [0.717, 1.165) is 0 Å². The molecule has 4 unspecified atom stereocenters. The highest BCUT2D eigenvalue weighted by molar-refractivity contribution is 5.37. The molecule has 2 aliphatic heterocycles. The van der Waals surface area contributed by atoms with Crippen LogP contribution < -0.4 is 4.74 Å². The molecule has 2 saturated heterocycles. The maximum atomic E-state index is 13.0. The first-order valence-electron chi connectivity index (χ1n) is 10.4. The van der Waals surface area contributed by atoms with E-state index in [2.05, 4.69) is 0 Å². The van der Waals surface area contributed by atoms with Crippen LogP contribution in [-0.2, 0) is 9.47 Å². The average Bonchev–Trinajstić information content (AvgIpc) is 2.67. The highest BCUT2D eigenvalue weighted by Crippen LogP contribution is 2.57. The summed E-state index contributed by atoms with van der Waals surface area (Å²) in [5.74, 6) is 0.932. The number of hydrogen-bond acceptors (Lipinski definition) is 3. The molecule has 180 valence electrons. The molecule has 2 aliphatic rings. The van der Waals surface area contributed by atoms with Gasteiger partial charge in [0.05, 0.1) is 12.2 Å². The molecular weight excluding hydrogens is 450 g/mol. The largest absolute Gasteiger partial charge is 0.457 e. The van der Waals surface area contributed by atoms with Crippen LogP contribution in [0.5, 0.6) is 11.5 Å². The quantitative estimate of drug-likeness (QED) is 0.429. The lowest BCUT2D eigenvalue weighted by Crippen LogP contribution is -2.57. The third kappa shape index (κ3) is 4.21. The molecule has 9 heteroatoms. The summed E-state index contributed by atoms with van der Waals surface area (Å²) in [5, 5.41) is 0. The third-order valence-corrected chi connectivity index (χ3v) is 6.44. The molecule has 0 radical (unpaired) electrons. The van der Waals surface area contributed by atoms with Crippen molar-refractivity contribution < 1.29 is 40.6 Å². The fourth-order valence-corrected chi connectivity index (χ4v) is 4.68. The van der Waals surface area contributed by atoms with Gasteiger partial charge in [-0.1, -0.05) is 52.0 Å². The lowest BCUT2D eigenvalue weighted by molar-refractivity contribution is -0.351. The minimum atomic E-state index is -4.41. The van der Waals surface area contributed by atoms with Gasteiger partial charge in [0.15, 0.2) is 12.2 Å². The Bertz CT molecular complexity index is 911. The zero-order chi connectivity index (χ0) is 24.4. The molecule has 0 N–H and O–H groups in total. The van der Waals surface area contributed by atoms with Crippen LogP contribution in [0.25, 0.3) is 0 Å². The van der Waals surface area contributed by atoms with E-state index in [0.29, 0.717) is 22.6 Å². The summed E-state index contributed by atoms with van der Waals surface area (Å²) >= 11 is 0. The fourth-order valence-electron chi connectivity index (χ4n) is 4.68. The fraction of sp³-hybridized carbons (Fsp3) is 0.500. The summed E-state index contributed by atoms with van der Waals surface area (Å²) in [6, 6.07) is 13.2. The van der Waals surface area contributed by atoms with Crippen LogP contribution in [0.3, 0.4) is 0 Å². The van der Waals surface area contributed by atoms with Crippen LogP contribution in [0.4, 0.5) is 26.3 Å². The van der Waals surface area contributed by atoms with Crippen molar-refractivity contribution in [1.29, 1.82) is 0 Å². The maximum Gasteiger partial charge on any atom is 0.415 e. The third-order valence-electron chi connectivity index (χ3n) is 6.44. The topological polar surface area (TPSA) is 27.7 Å². The van der Waals surface area contributed by atoms with Crippen LogP contribution >= 0.6 is 0 Å². The van der Waals surface area contributed by atoms with Gasteiger partial charge in [-0.3, -0.25) is 0 Å². The molecule has 0 spiro atoms. The SMILES string of the molecule is CC1(C)C(c2ccc(Oc3ccc(C4OC(C(F)(F)F)C4(C)C)cc3)cc2)OC1C(F)(F)F. The Morgan fingerprint density at radius 3 is 1.15 bits per heavy atom. The monoisotopic (exact) mass is 474 g/mol. The van der Waals surface area contributed by atoms with Crippen LogP contribution in [0.2, 0.25) is 0 Å². The zero-order valence-electron chi connectivity index (χ0n) is 18.4. The second-order valence-electron chi connectivity index (χ2n) is 9.76. The van der Waals surface area contributed by atoms with Crippen LogP contribution in [0.1, 0.15) is 51.0 Å². The summed E-state index contributed by atoms with van der Waals surface area (Å²) in [6.07, 6.45) is -13.8. The predicted molar refractivity (Wildman–Crippen MR) is 108 cm³/mol. The van der Waals surface area contributed by atoms with Gasteiger partial charge in [0.1, 0.15) is 11.5 Å². The highest BCUT2D eigenvalue weighted by atomic mass is 19.4. The summed E-state index contributed by atoms with van der Waals surface area (Å²) in [5.41, 5.74) is -0.934. The molecule has 0 amide bonds. The highest BCUT2D eigenvalue weighted by Gasteiger charge is 2.63. The van der Waals surface area contributed by atoms with Gasteiger partial charge in [0, 0.05) is 10.8 Å². The molecule has 0 bridgehead atoms. The van der Waals surface area contributed by atoms with Crippen molar-refractivity contribution in [2.45, 2.75) is 64.5 Å². The Balaban J connectivity index is 1.39. The molecule has 2 fully saturated rings. The van der Waals surface area contributed by atoms with E-state index in [1.807, 2.05) is 0 Å². The lowest BCUT2D eigenvalue weighted by Gasteiger charge is -2.52.